The van der Waals surface area contributed by atoms with Gasteiger partial charge in [0.2, 0.25) is 0 Å². The van der Waals surface area contributed by atoms with Gasteiger partial charge in [-0.15, -0.1) is 0 Å². The molecule has 2 aromatic carbocycles. The van der Waals surface area contributed by atoms with Crippen molar-refractivity contribution >= 4 is 47.2 Å². The van der Waals surface area contributed by atoms with Crippen molar-refractivity contribution in [3.05, 3.63) is 63.6 Å². The monoisotopic (exact) mass is 453 g/mol. The van der Waals surface area contributed by atoms with Crippen molar-refractivity contribution in [2.75, 3.05) is 13.1 Å². The van der Waals surface area contributed by atoms with E-state index in [0.717, 1.165) is 23.3 Å². The fraction of sp³-hybridized carbons (Fsp3) is 0.300. The highest BCUT2D eigenvalue weighted by atomic mass is 35.5. The van der Waals surface area contributed by atoms with E-state index < -0.39 is 5.97 Å². The molecule has 0 aromatic heterocycles. The Hall–Kier alpha value is -1.93. The summed E-state index contributed by atoms with van der Waals surface area (Å²) in [5.74, 6) is -0.932. The number of carbonyl (C=O) groups excluding carboxylic acids is 1. The third-order valence-electron chi connectivity index (χ3n) is 4.67. The predicted octanol–water partition coefficient (Wildman–Crippen LogP) is 4.66. The molecule has 0 bridgehead atoms. The summed E-state index contributed by atoms with van der Waals surface area (Å²) in [5.41, 5.74) is 1.10. The van der Waals surface area contributed by atoms with Gasteiger partial charge in [0, 0.05) is 40.6 Å². The number of amides is 2. The molecule has 154 valence electrons. The number of piperidine rings is 1. The van der Waals surface area contributed by atoms with Gasteiger partial charge in [-0.3, -0.25) is 4.72 Å². The molecule has 0 spiro atoms. The maximum atomic E-state index is 12.4. The van der Waals surface area contributed by atoms with Crippen LogP contribution in [0.25, 0.3) is 0 Å². The molecule has 1 aliphatic heterocycles. The zero-order valence-corrected chi connectivity index (χ0v) is 17.9. The molecule has 0 aliphatic carbocycles. The topological polar surface area (TPSA) is 81.7 Å². The quantitative estimate of drug-likeness (QED) is 0.553. The zero-order chi connectivity index (χ0) is 20.8. The first-order valence-corrected chi connectivity index (χ1v) is 10.7. The fourth-order valence-corrected chi connectivity index (χ4v) is 4.25. The first-order chi connectivity index (χ1) is 13.9. The lowest BCUT2D eigenvalue weighted by molar-refractivity contribution is 0.0696. The Kier molecular flexibility index (Phi) is 7.66. The molecular formula is C20H21Cl2N3O3S. The average Bonchev–Trinajstić information content (AvgIpc) is 2.72. The standard InChI is InChI=1S/C20H21Cl2N3O3S/c21-15-4-1-14(18(22)11-15)12-23-20(28)25-9-7-16(8-10-25)24-29-17-5-2-13(3-6-17)19(26)27/h1-6,11,16,24H,7-10,12H2,(H,23,28)(H,26,27). The van der Waals surface area contributed by atoms with Crippen LogP contribution in [0.15, 0.2) is 47.4 Å². The van der Waals surface area contributed by atoms with E-state index in [-0.39, 0.29) is 17.6 Å². The molecule has 1 heterocycles. The van der Waals surface area contributed by atoms with Crippen LogP contribution in [-0.4, -0.2) is 41.1 Å². The number of hydrogen-bond donors (Lipinski definition) is 3. The van der Waals surface area contributed by atoms with Crippen LogP contribution >= 0.6 is 35.1 Å². The van der Waals surface area contributed by atoms with Gasteiger partial charge in [0.15, 0.2) is 0 Å². The second-order valence-electron chi connectivity index (χ2n) is 6.71. The predicted molar refractivity (Wildman–Crippen MR) is 116 cm³/mol. The second-order valence-corrected chi connectivity index (χ2v) is 8.46. The summed E-state index contributed by atoms with van der Waals surface area (Å²) in [6.45, 7) is 1.68. The van der Waals surface area contributed by atoms with Gasteiger partial charge in [0.05, 0.1) is 5.56 Å². The summed E-state index contributed by atoms with van der Waals surface area (Å²) in [4.78, 5) is 26.0. The van der Waals surface area contributed by atoms with Crippen LogP contribution in [0.5, 0.6) is 0 Å². The van der Waals surface area contributed by atoms with Gasteiger partial charge < -0.3 is 15.3 Å². The normalized spacial score (nSPS) is 14.6. The number of benzene rings is 2. The minimum atomic E-state index is -0.932. The van der Waals surface area contributed by atoms with Gasteiger partial charge in [-0.1, -0.05) is 29.3 Å². The van der Waals surface area contributed by atoms with Crippen molar-refractivity contribution in [2.45, 2.75) is 30.3 Å². The number of hydrogen-bond acceptors (Lipinski definition) is 4. The van der Waals surface area contributed by atoms with Crippen LogP contribution in [0.2, 0.25) is 10.0 Å². The maximum absolute atomic E-state index is 12.4. The number of nitrogens with one attached hydrogen (secondary N) is 2. The van der Waals surface area contributed by atoms with Crippen molar-refractivity contribution in [3.63, 3.8) is 0 Å². The highest BCUT2D eigenvalue weighted by molar-refractivity contribution is 7.97. The molecule has 3 rings (SSSR count). The smallest absolute Gasteiger partial charge is 0.335 e. The summed E-state index contributed by atoms with van der Waals surface area (Å²) in [7, 11) is 0. The Morgan fingerprint density at radius 2 is 1.79 bits per heavy atom. The van der Waals surface area contributed by atoms with E-state index in [1.165, 1.54) is 11.9 Å². The third kappa shape index (κ3) is 6.27. The van der Waals surface area contributed by atoms with Gasteiger partial charge in [0.1, 0.15) is 0 Å². The van der Waals surface area contributed by atoms with Crippen molar-refractivity contribution in [1.29, 1.82) is 0 Å². The fourth-order valence-electron chi connectivity index (χ4n) is 2.97. The van der Waals surface area contributed by atoms with E-state index in [0.29, 0.717) is 29.7 Å². The van der Waals surface area contributed by atoms with Crippen molar-refractivity contribution in [3.8, 4) is 0 Å². The van der Waals surface area contributed by atoms with E-state index in [9.17, 15) is 9.59 Å². The first kappa shape index (κ1) is 21.8. The molecule has 1 aliphatic rings. The van der Waals surface area contributed by atoms with Crippen LogP contribution in [0, 0.1) is 0 Å². The van der Waals surface area contributed by atoms with Gasteiger partial charge in [-0.25, -0.2) is 9.59 Å². The molecule has 1 fully saturated rings. The molecule has 3 N–H and O–H groups in total. The Labute approximate surface area is 183 Å². The SMILES string of the molecule is O=C(O)c1ccc(SNC2CCN(C(=O)NCc3ccc(Cl)cc3Cl)CC2)cc1. The number of carboxylic acid groups (broad SMARTS) is 1. The minimum absolute atomic E-state index is 0.105. The molecular weight excluding hydrogens is 433 g/mol. The summed E-state index contributed by atoms with van der Waals surface area (Å²) >= 11 is 13.5. The summed E-state index contributed by atoms with van der Waals surface area (Å²) in [5, 5.41) is 12.9. The zero-order valence-electron chi connectivity index (χ0n) is 15.5. The number of urea groups is 1. The minimum Gasteiger partial charge on any atom is -0.478 e. The number of halogens is 2. The number of rotatable bonds is 6. The molecule has 29 heavy (non-hydrogen) atoms. The molecule has 6 nitrogen and oxygen atoms in total. The molecule has 2 aromatic rings. The van der Waals surface area contributed by atoms with Crippen LogP contribution < -0.4 is 10.0 Å². The van der Waals surface area contributed by atoms with Crippen LogP contribution in [0.4, 0.5) is 4.79 Å². The lowest BCUT2D eigenvalue weighted by Crippen LogP contribution is -2.47. The molecule has 0 unspecified atom stereocenters. The summed E-state index contributed by atoms with van der Waals surface area (Å²) in [6, 6.07) is 12.1. The Bertz CT molecular complexity index is 872. The Morgan fingerprint density at radius 1 is 1.10 bits per heavy atom. The van der Waals surface area contributed by atoms with E-state index in [1.807, 2.05) is 0 Å². The lowest BCUT2D eigenvalue weighted by Gasteiger charge is -2.32. The molecule has 0 radical (unpaired) electrons. The second kappa shape index (κ2) is 10.2. The van der Waals surface area contributed by atoms with E-state index >= 15 is 0 Å². The van der Waals surface area contributed by atoms with Crippen molar-refractivity contribution in [1.82, 2.24) is 14.9 Å². The maximum Gasteiger partial charge on any atom is 0.335 e. The number of carbonyl (C=O) groups is 2. The van der Waals surface area contributed by atoms with Gasteiger partial charge in [-0.05, 0) is 66.8 Å². The number of likely N-dealkylation sites (tertiary alicyclic amines) is 1. The highest BCUT2D eigenvalue weighted by Crippen LogP contribution is 2.22. The van der Waals surface area contributed by atoms with Crippen molar-refractivity contribution < 1.29 is 14.7 Å². The number of nitrogens with zero attached hydrogens (tertiary/aromatic N) is 1. The first-order valence-electron chi connectivity index (χ1n) is 9.15. The molecule has 0 saturated carbocycles. The summed E-state index contributed by atoms with van der Waals surface area (Å²) < 4.78 is 3.40. The molecule has 2 amide bonds. The van der Waals surface area contributed by atoms with E-state index in [2.05, 4.69) is 10.0 Å². The summed E-state index contributed by atoms with van der Waals surface area (Å²) in [6.07, 6.45) is 1.69. The van der Waals surface area contributed by atoms with Gasteiger partial charge >= 0.3 is 12.0 Å². The van der Waals surface area contributed by atoms with E-state index in [4.69, 9.17) is 28.3 Å². The van der Waals surface area contributed by atoms with Crippen LogP contribution in [0.1, 0.15) is 28.8 Å². The lowest BCUT2D eigenvalue weighted by atomic mass is 10.1. The van der Waals surface area contributed by atoms with Crippen LogP contribution in [0.3, 0.4) is 0 Å². The van der Waals surface area contributed by atoms with E-state index in [1.54, 1.807) is 47.4 Å². The van der Waals surface area contributed by atoms with Gasteiger partial charge in [0.25, 0.3) is 0 Å². The Morgan fingerprint density at radius 3 is 2.41 bits per heavy atom. The van der Waals surface area contributed by atoms with Crippen molar-refractivity contribution in [2.24, 2.45) is 0 Å². The largest absolute Gasteiger partial charge is 0.478 e. The highest BCUT2D eigenvalue weighted by Gasteiger charge is 2.22. The number of aromatic carboxylic acids is 1. The average molecular weight is 454 g/mol. The Balaban J connectivity index is 1.40. The van der Waals surface area contributed by atoms with Crippen LogP contribution in [-0.2, 0) is 6.54 Å². The van der Waals surface area contributed by atoms with Gasteiger partial charge in [-0.2, -0.15) is 0 Å². The molecule has 1 saturated heterocycles. The molecule has 0 atom stereocenters. The third-order valence-corrected chi connectivity index (χ3v) is 6.22. The molecule has 9 heteroatoms. The number of carboxylic acids is 1.